The summed E-state index contributed by atoms with van der Waals surface area (Å²) in [4.78, 5) is 18.5. The number of nitrogens with zero attached hydrogens (tertiary/aromatic N) is 2. The molecule has 6 nitrogen and oxygen atoms in total. The molecule has 110 valence electrons. The van der Waals surface area contributed by atoms with Crippen molar-refractivity contribution in [3.63, 3.8) is 0 Å². The largest absolute Gasteiger partial charge is 0.394 e. The number of ether oxygens (including phenoxy) is 1. The van der Waals surface area contributed by atoms with E-state index in [0.29, 0.717) is 44.0 Å². The summed E-state index contributed by atoms with van der Waals surface area (Å²) < 4.78 is 10.3. The van der Waals surface area contributed by atoms with Crippen molar-refractivity contribution in [2.24, 2.45) is 0 Å². The molecule has 1 unspecified atom stereocenters. The van der Waals surface area contributed by atoms with Crippen molar-refractivity contribution in [3.05, 3.63) is 29.6 Å². The maximum absolute atomic E-state index is 12.6. The highest BCUT2D eigenvalue weighted by Crippen LogP contribution is 2.15. The highest BCUT2D eigenvalue weighted by atomic mass is 31.0. The predicted molar refractivity (Wildman–Crippen MR) is 76.3 cm³/mol. The van der Waals surface area contributed by atoms with Crippen molar-refractivity contribution < 1.29 is 19.2 Å². The molecule has 1 fully saturated rings. The zero-order valence-corrected chi connectivity index (χ0v) is 12.4. The number of carbonyl (C=O) groups is 1. The number of carbonyl (C=O) groups excluding carboxylic acids is 1. The molecule has 1 amide bonds. The molecular formula is C13H19N2O4P. The monoisotopic (exact) mass is 298 g/mol. The molecule has 1 aliphatic rings. The molecule has 1 aromatic rings. The van der Waals surface area contributed by atoms with Gasteiger partial charge in [0, 0.05) is 28.6 Å². The van der Waals surface area contributed by atoms with Gasteiger partial charge in [-0.25, -0.2) is 0 Å². The average molecular weight is 298 g/mol. The van der Waals surface area contributed by atoms with Crippen molar-refractivity contribution in [3.8, 4) is 0 Å². The number of aromatic nitrogens is 1. The van der Waals surface area contributed by atoms with E-state index in [1.807, 2.05) is 0 Å². The summed E-state index contributed by atoms with van der Waals surface area (Å²) in [6.45, 7) is 1.72. The van der Waals surface area contributed by atoms with Gasteiger partial charge in [0.15, 0.2) is 0 Å². The Morgan fingerprint density at radius 2 is 2.50 bits per heavy atom. The molecule has 2 atom stereocenters. The molecule has 0 bridgehead atoms. The second-order valence-corrected chi connectivity index (χ2v) is 4.86. The average Bonchev–Trinajstić information content (AvgIpc) is 2.52. The van der Waals surface area contributed by atoms with Crippen LogP contribution in [0.25, 0.3) is 0 Å². The van der Waals surface area contributed by atoms with Gasteiger partial charge in [-0.15, -0.1) is 0 Å². The van der Waals surface area contributed by atoms with Gasteiger partial charge >= 0.3 is 0 Å². The van der Waals surface area contributed by atoms with Crippen LogP contribution in [0.3, 0.4) is 0 Å². The lowest BCUT2D eigenvalue weighted by Gasteiger charge is -2.34. The molecule has 0 aromatic carbocycles. The second kappa shape index (κ2) is 7.64. The van der Waals surface area contributed by atoms with E-state index in [9.17, 15) is 9.90 Å². The molecule has 0 radical (unpaired) electrons. The standard InChI is InChI=1S/C13H19N2O4P/c16-8-10-9-18-7-5-15(10)13(17)11-2-1-4-14-12(11)3-6-19-20/h1-2,4,10,16H,3,5-9,20H2/t10-/m1/s1. The molecule has 1 saturated heterocycles. The van der Waals surface area contributed by atoms with Crippen LogP contribution in [-0.2, 0) is 15.7 Å². The van der Waals surface area contributed by atoms with E-state index in [4.69, 9.17) is 9.26 Å². The van der Waals surface area contributed by atoms with Crippen LogP contribution < -0.4 is 0 Å². The predicted octanol–water partition coefficient (Wildman–Crippen LogP) is 0.264. The fourth-order valence-corrected chi connectivity index (χ4v) is 2.33. The molecule has 1 N–H and O–H groups in total. The number of morpholine rings is 1. The van der Waals surface area contributed by atoms with Crippen LogP contribution >= 0.6 is 9.47 Å². The Hall–Kier alpha value is -1.07. The van der Waals surface area contributed by atoms with Crippen LogP contribution in [0.4, 0.5) is 0 Å². The van der Waals surface area contributed by atoms with Crippen molar-refractivity contribution in [2.75, 3.05) is 33.0 Å². The van der Waals surface area contributed by atoms with Gasteiger partial charge in [0.1, 0.15) is 0 Å². The van der Waals surface area contributed by atoms with Gasteiger partial charge in [-0.3, -0.25) is 9.78 Å². The summed E-state index contributed by atoms with van der Waals surface area (Å²) in [7, 11) is 2.19. The van der Waals surface area contributed by atoms with E-state index in [1.54, 1.807) is 23.2 Å². The van der Waals surface area contributed by atoms with Crippen molar-refractivity contribution in [1.29, 1.82) is 0 Å². The van der Waals surface area contributed by atoms with Crippen LogP contribution in [0, 0.1) is 0 Å². The number of hydrogen-bond acceptors (Lipinski definition) is 5. The molecule has 0 spiro atoms. The van der Waals surface area contributed by atoms with Crippen molar-refractivity contribution in [2.45, 2.75) is 12.5 Å². The van der Waals surface area contributed by atoms with Gasteiger partial charge < -0.3 is 19.3 Å². The summed E-state index contributed by atoms with van der Waals surface area (Å²) in [5, 5.41) is 9.36. The SMILES string of the molecule is O=C(c1cccnc1CCOP)N1CCOC[C@H]1CO. The Bertz CT molecular complexity index is 458. The molecule has 1 aromatic heterocycles. The topological polar surface area (TPSA) is 71.9 Å². The first-order valence-corrected chi connectivity index (χ1v) is 7.00. The summed E-state index contributed by atoms with van der Waals surface area (Å²) in [6, 6.07) is 3.21. The number of pyridine rings is 1. The summed E-state index contributed by atoms with van der Waals surface area (Å²) in [5.41, 5.74) is 1.28. The van der Waals surface area contributed by atoms with E-state index in [2.05, 4.69) is 14.5 Å². The van der Waals surface area contributed by atoms with Gasteiger partial charge in [0.2, 0.25) is 0 Å². The van der Waals surface area contributed by atoms with Crippen LogP contribution in [-0.4, -0.2) is 59.9 Å². The lowest BCUT2D eigenvalue weighted by Crippen LogP contribution is -2.50. The third-order valence-corrected chi connectivity index (χ3v) is 3.51. The molecule has 2 heterocycles. The minimum absolute atomic E-state index is 0.101. The lowest BCUT2D eigenvalue weighted by molar-refractivity contribution is -0.0184. The maximum atomic E-state index is 12.6. The molecule has 2 rings (SSSR count). The normalized spacial score (nSPS) is 19.1. The number of rotatable bonds is 5. The highest BCUT2D eigenvalue weighted by Gasteiger charge is 2.28. The van der Waals surface area contributed by atoms with Crippen LogP contribution in [0.2, 0.25) is 0 Å². The number of aliphatic hydroxyl groups excluding tert-OH is 1. The Labute approximate surface area is 120 Å². The summed E-state index contributed by atoms with van der Waals surface area (Å²) in [6.07, 6.45) is 2.23. The molecule has 7 heteroatoms. The van der Waals surface area contributed by atoms with E-state index in [0.717, 1.165) is 0 Å². The Kier molecular flexibility index (Phi) is 5.86. The third-order valence-electron chi connectivity index (χ3n) is 3.28. The zero-order chi connectivity index (χ0) is 14.4. The Morgan fingerprint density at radius 3 is 3.25 bits per heavy atom. The van der Waals surface area contributed by atoms with Gasteiger partial charge in [-0.1, -0.05) is 0 Å². The van der Waals surface area contributed by atoms with Crippen LogP contribution in [0.5, 0.6) is 0 Å². The number of amides is 1. The van der Waals surface area contributed by atoms with Gasteiger partial charge in [-0.2, -0.15) is 0 Å². The van der Waals surface area contributed by atoms with E-state index in [1.165, 1.54) is 0 Å². The van der Waals surface area contributed by atoms with Gasteiger partial charge in [0.05, 0.1) is 43.7 Å². The smallest absolute Gasteiger partial charge is 0.256 e. The Morgan fingerprint density at radius 1 is 1.65 bits per heavy atom. The minimum Gasteiger partial charge on any atom is -0.394 e. The highest BCUT2D eigenvalue weighted by molar-refractivity contribution is 7.09. The van der Waals surface area contributed by atoms with E-state index < -0.39 is 0 Å². The molecule has 1 aliphatic heterocycles. The van der Waals surface area contributed by atoms with E-state index >= 15 is 0 Å². The molecule has 0 saturated carbocycles. The minimum atomic E-state index is -0.290. The number of aliphatic hydroxyl groups is 1. The summed E-state index contributed by atoms with van der Waals surface area (Å²) >= 11 is 0. The summed E-state index contributed by atoms with van der Waals surface area (Å²) in [5.74, 6) is -0.112. The first-order valence-electron chi connectivity index (χ1n) is 6.53. The van der Waals surface area contributed by atoms with Crippen LogP contribution in [0.15, 0.2) is 18.3 Å². The first-order chi connectivity index (χ1) is 9.77. The molecule has 0 aliphatic carbocycles. The van der Waals surface area contributed by atoms with Gasteiger partial charge in [0.25, 0.3) is 5.91 Å². The third kappa shape index (κ3) is 3.52. The van der Waals surface area contributed by atoms with Crippen molar-refractivity contribution in [1.82, 2.24) is 9.88 Å². The second-order valence-electron chi connectivity index (χ2n) is 4.53. The van der Waals surface area contributed by atoms with Crippen molar-refractivity contribution >= 4 is 15.4 Å². The lowest BCUT2D eigenvalue weighted by atomic mass is 10.1. The first kappa shape index (κ1) is 15.3. The number of hydrogen-bond donors (Lipinski definition) is 1. The Balaban J connectivity index is 2.19. The fraction of sp³-hybridized carbons (Fsp3) is 0.538. The van der Waals surface area contributed by atoms with Crippen LogP contribution in [0.1, 0.15) is 16.1 Å². The van der Waals surface area contributed by atoms with Gasteiger partial charge in [-0.05, 0) is 12.1 Å². The van der Waals surface area contributed by atoms with E-state index in [-0.39, 0.29) is 18.6 Å². The zero-order valence-electron chi connectivity index (χ0n) is 11.2. The molecular weight excluding hydrogens is 279 g/mol. The molecule has 20 heavy (non-hydrogen) atoms. The maximum Gasteiger partial charge on any atom is 0.256 e. The quantitative estimate of drug-likeness (QED) is 0.790. The fourth-order valence-electron chi connectivity index (χ4n) is 2.22.